The Morgan fingerprint density at radius 1 is 1.30 bits per heavy atom. The largest absolute Gasteiger partial charge is 0.325 e. The predicted octanol–water partition coefficient (Wildman–Crippen LogP) is 3.33. The highest BCUT2D eigenvalue weighted by molar-refractivity contribution is 6.15. The van der Waals surface area contributed by atoms with Crippen LogP contribution in [0.5, 0.6) is 0 Å². The second-order valence-corrected chi connectivity index (χ2v) is 6.84. The first-order valence-corrected chi connectivity index (χ1v) is 7.30. The number of nitrogens with one attached hydrogen (secondary N) is 1. The van der Waals surface area contributed by atoms with Crippen molar-refractivity contribution in [2.45, 2.75) is 40.0 Å². The monoisotopic (exact) mass is 271 g/mol. The van der Waals surface area contributed by atoms with E-state index >= 15 is 0 Å². The molecule has 3 heteroatoms. The Kier molecular flexibility index (Phi) is 2.79. The van der Waals surface area contributed by atoms with Gasteiger partial charge in [0.15, 0.2) is 5.78 Å². The summed E-state index contributed by atoms with van der Waals surface area (Å²) in [6.45, 7) is 5.94. The molecule has 2 unspecified atom stereocenters. The van der Waals surface area contributed by atoms with Gasteiger partial charge >= 0.3 is 0 Å². The number of Topliss-reactive ketones (excluding diaryl/α,β-unsaturated/α-hetero) is 1. The molecule has 0 spiro atoms. The van der Waals surface area contributed by atoms with Gasteiger partial charge in [-0.1, -0.05) is 32.0 Å². The summed E-state index contributed by atoms with van der Waals surface area (Å²) in [4.78, 5) is 25.4. The van der Waals surface area contributed by atoms with Crippen molar-refractivity contribution in [1.82, 2.24) is 0 Å². The molecular weight excluding hydrogens is 250 g/mol. The van der Waals surface area contributed by atoms with Gasteiger partial charge in [0.25, 0.3) is 0 Å². The molecule has 2 aliphatic carbocycles. The van der Waals surface area contributed by atoms with Crippen LogP contribution >= 0.6 is 0 Å². The maximum Gasteiger partial charge on any atom is 0.238 e. The fourth-order valence-electron chi connectivity index (χ4n) is 3.93. The van der Waals surface area contributed by atoms with E-state index in [1.54, 1.807) is 0 Å². The maximum absolute atomic E-state index is 12.7. The van der Waals surface area contributed by atoms with Crippen molar-refractivity contribution in [1.29, 1.82) is 0 Å². The minimum absolute atomic E-state index is 0.107. The first-order chi connectivity index (χ1) is 9.38. The van der Waals surface area contributed by atoms with E-state index in [1.165, 1.54) is 0 Å². The molecule has 0 aliphatic heterocycles. The molecule has 20 heavy (non-hydrogen) atoms. The van der Waals surface area contributed by atoms with Gasteiger partial charge in [0.05, 0.1) is 0 Å². The first kappa shape index (κ1) is 13.3. The Morgan fingerprint density at radius 3 is 2.60 bits per heavy atom. The molecule has 1 amide bonds. The highest BCUT2D eigenvalue weighted by Gasteiger charge is 2.64. The van der Waals surface area contributed by atoms with Crippen molar-refractivity contribution in [3.05, 3.63) is 29.8 Å². The molecule has 1 aromatic carbocycles. The van der Waals surface area contributed by atoms with Crippen LogP contribution < -0.4 is 5.32 Å². The van der Waals surface area contributed by atoms with E-state index in [2.05, 4.69) is 5.32 Å². The van der Waals surface area contributed by atoms with Crippen LogP contribution in [0.1, 0.15) is 38.7 Å². The topological polar surface area (TPSA) is 46.2 Å². The van der Waals surface area contributed by atoms with Crippen LogP contribution in [-0.2, 0) is 9.59 Å². The third kappa shape index (κ3) is 1.65. The summed E-state index contributed by atoms with van der Waals surface area (Å²) in [6.07, 6.45) is 2.41. The SMILES string of the molecule is Cc1ccccc1NC(=O)C12CCC(C1)C(C)(C)C2=O. The molecule has 2 aliphatic rings. The van der Waals surface area contributed by atoms with Crippen LogP contribution in [0.15, 0.2) is 24.3 Å². The lowest BCUT2D eigenvalue weighted by molar-refractivity contribution is -0.142. The van der Waals surface area contributed by atoms with E-state index < -0.39 is 5.41 Å². The minimum atomic E-state index is -0.781. The van der Waals surface area contributed by atoms with Crippen LogP contribution in [0.3, 0.4) is 0 Å². The third-order valence-corrected chi connectivity index (χ3v) is 5.38. The highest BCUT2D eigenvalue weighted by atomic mass is 16.2. The van der Waals surface area contributed by atoms with Gasteiger partial charge in [-0.15, -0.1) is 0 Å². The number of fused-ring (bicyclic) bond motifs is 2. The molecule has 2 atom stereocenters. The van der Waals surface area contributed by atoms with E-state index in [4.69, 9.17) is 0 Å². The average molecular weight is 271 g/mol. The standard InChI is InChI=1S/C17H21NO2/c1-11-6-4-5-7-13(11)18-15(20)17-9-8-12(10-17)16(2,3)14(17)19/h4-7,12H,8-10H2,1-3H3,(H,18,20). The highest BCUT2D eigenvalue weighted by Crippen LogP contribution is 2.60. The van der Waals surface area contributed by atoms with Crippen molar-refractivity contribution in [3.8, 4) is 0 Å². The molecule has 0 saturated heterocycles. The Labute approximate surface area is 119 Å². The summed E-state index contributed by atoms with van der Waals surface area (Å²) >= 11 is 0. The second kappa shape index (κ2) is 4.18. The van der Waals surface area contributed by atoms with Gasteiger partial charge in [-0.2, -0.15) is 0 Å². The first-order valence-electron chi connectivity index (χ1n) is 7.30. The molecule has 1 aromatic rings. The quantitative estimate of drug-likeness (QED) is 0.839. The van der Waals surface area contributed by atoms with Crippen molar-refractivity contribution in [3.63, 3.8) is 0 Å². The molecule has 0 aromatic heterocycles. The number of carbonyl (C=O) groups is 2. The number of benzene rings is 1. The maximum atomic E-state index is 12.7. The van der Waals surface area contributed by atoms with Crippen LogP contribution in [0.4, 0.5) is 5.69 Å². The normalized spacial score (nSPS) is 30.6. The molecule has 2 saturated carbocycles. The Hall–Kier alpha value is -1.64. The van der Waals surface area contributed by atoms with Gasteiger partial charge in [0.2, 0.25) is 5.91 Å². The zero-order valence-electron chi connectivity index (χ0n) is 12.3. The number of amides is 1. The molecule has 1 N–H and O–H groups in total. The zero-order chi connectivity index (χ0) is 14.5. The van der Waals surface area contributed by atoms with Crippen molar-refractivity contribution >= 4 is 17.4 Å². The number of carbonyl (C=O) groups excluding carboxylic acids is 2. The lowest BCUT2D eigenvalue weighted by Crippen LogP contribution is -2.44. The predicted molar refractivity (Wildman–Crippen MR) is 78.4 cm³/mol. The molecule has 3 nitrogen and oxygen atoms in total. The van der Waals surface area contributed by atoms with Crippen LogP contribution in [0.2, 0.25) is 0 Å². The van der Waals surface area contributed by atoms with E-state index in [0.717, 1.165) is 24.1 Å². The fraction of sp³-hybridized carbons (Fsp3) is 0.529. The molecule has 2 bridgehead atoms. The molecule has 0 radical (unpaired) electrons. The van der Waals surface area contributed by atoms with Gasteiger partial charge in [-0.05, 0) is 43.7 Å². The fourth-order valence-corrected chi connectivity index (χ4v) is 3.93. The zero-order valence-corrected chi connectivity index (χ0v) is 12.3. The number of ketones is 1. The Morgan fingerprint density at radius 2 is 2.00 bits per heavy atom. The lowest BCUT2D eigenvalue weighted by Gasteiger charge is -2.32. The summed E-state index contributed by atoms with van der Waals surface area (Å²) in [6, 6.07) is 7.70. The number of hydrogen-bond acceptors (Lipinski definition) is 2. The van der Waals surface area contributed by atoms with Crippen molar-refractivity contribution in [2.75, 3.05) is 5.32 Å². The van der Waals surface area contributed by atoms with Gasteiger partial charge in [0, 0.05) is 11.1 Å². The average Bonchev–Trinajstić information content (AvgIpc) is 2.93. The minimum Gasteiger partial charge on any atom is -0.325 e. The van der Waals surface area contributed by atoms with Gasteiger partial charge in [-0.25, -0.2) is 0 Å². The summed E-state index contributed by atoms with van der Waals surface area (Å²) < 4.78 is 0. The Bertz CT molecular complexity index is 590. The van der Waals surface area contributed by atoms with E-state index in [-0.39, 0.29) is 17.1 Å². The van der Waals surface area contributed by atoms with Crippen LogP contribution in [0, 0.1) is 23.7 Å². The molecule has 2 fully saturated rings. The van der Waals surface area contributed by atoms with Crippen molar-refractivity contribution < 1.29 is 9.59 Å². The number of aryl methyl sites for hydroxylation is 1. The number of para-hydroxylation sites is 1. The van der Waals surface area contributed by atoms with E-state index in [0.29, 0.717) is 12.3 Å². The smallest absolute Gasteiger partial charge is 0.238 e. The number of rotatable bonds is 2. The number of anilines is 1. The number of hydrogen-bond donors (Lipinski definition) is 1. The third-order valence-electron chi connectivity index (χ3n) is 5.38. The summed E-state index contributed by atoms with van der Waals surface area (Å²) in [5.41, 5.74) is 0.710. The van der Waals surface area contributed by atoms with Gasteiger partial charge < -0.3 is 5.32 Å². The summed E-state index contributed by atoms with van der Waals surface area (Å²) in [5.74, 6) is 0.384. The van der Waals surface area contributed by atoms with Crippen LogP contribution in [-0.4, -0.2) is 11.7 Å². The lowest BCUT2D eigenvalue weighted by atomic mass is 9.70. The molecule has 0 heterocycles. The van der Waals surface area contributed by atoms with Crippen LogP contribution in [0.25, 0.3) is 0 Å². The molecule has 3 rings (SSSR count). The molecule has 106 valence electrons. The summed E-state index contributed by atoms with van der Waals surface area (Å²) in [7, 11) is 0. The Balaban J connectivity index is 1.89. The second-order valence-electron chi connectivity index (χ2n) is 6.84. The molecular formula is C17H21NO2. The van der Waals surface area contributed by atoms with Gasteiger partial charge in [-0.3, -0.25) is 9.59 Å². The van der Waals surface area contributed by atoms with E-state index in [1.807, 2.05) is 45.0 Å². The van der Waals surface area contributed by atoms with E-state index in [9.17, 15) is 9.59 Å². The van der Waals surface area contributed by atoms with Gasteiger partial charge in [0.1, 0.15) is 5.41 Å². The van der Waals surface area contributed by atoms with Crippen molar-refractivity contribution in [2.24, 2.45) is 16.7 Å². The summed E-state index contributed by atoms with van der Waals surface area (Å²) in [5, 5.41) is 2.98.